The van der Waals surface area contributed by atoms with Crippen LogP contribution in [-0.2, 0) is 14.8 Å². The highest BCUT2D eigenvalue weighted by Crippen LogP contribution is 2.22. The molecule has 1 unspecified atom stereocenters. The Labute approximate surface area is 181 Å². The van der Waals surface area contributed by atoms with Gasteiger partial charge in [-0.05, 0) is 56.3 Å². The smallest absolute Gasteiger partial charge is 0.282 e. The van der Waals surface area contributed by atoms with Gasteiger partial charge in [-0.2, -0.15) is 5.10 Å². The Morgan fingerprint density at radius 3 is 2.35 bits per heavy atom. The molecule has 1 atom stereocenters. The molecule has 3 aromatic rings. The molecule has 0 radical (unpaired) electrons. The molecule has 31 heavy (non-hydrogen) atoms. The van der Waals surface area contributed by atoms with Gasteiger partial charge in [0.1, 0.15) is 11.7 Å². The van der Waals surface area contributed by atoms with Crippen LogP contribution in [0.1, 0.15) is 30.8 Å². The SMILES string of the molecule is Cc1cc(C(F)F)nn1C(C)C(=O)Nc1ccc(S(=O)(=O)Nc2ccc(Cl)nn2)cc1. The number of carbonyl (C=O) groups excluding carboxylic acids is 1. The number of anilines is 2. The standard InChI is InChI=1S/C18H17ClF2N6O3S/c1-10-9-14(17(20)21)25-27(10)11(2)18(28)22-12-3-5-13(6-4-12)31(29,30)26-16-8-7-15(19)23-24-16/h3-9,11,17H,1-2H3,(H,22,28)(H,24,26). The van der Waals surface area contributed by atoms with Crippen LogP contribution in [0.5, 0.6) is 0 Å². The molecule has 1 aromatic carbocycles. The van der Waals surface area contributed by atoms with Crippen molar-refractivity contribution in [3.05, 3.63) is 59.0 Å². The molecule has 2 N–H and O–H groups in total. The van der Waals surface area contributed by atoms with Gasteiger partial charge in [-0.15, -0.1) is 10.2 Å². The predicted octanol–water partition coefficient (Wildman–Crippen LogP) is 3.57. The van der Waals surface area contributed by atoms with Crippen molar-refractivity contribution in [2.24, 2.45) is 0 Å². The Morgan fingerprint density at radius 2 is 1.81 bits per heavy atom. The highest BCUT2D eigenvalue weighted by Gasteiger charge is 2.22. The van der Waals surface area contributed by atoms with Crippen LogP contribution in [-0.4, -0.2) is 34.3 Å². The Hall–Kier alpha value is -3.12. The number of aromatic nitrogens is 4. The van der Waals surface area contributed by atoms with Crippen molar-refractivity contribution in [1.29, 1.82) is 0 Å². The zero-order chi connectivity index (χ0) is 22.8. The zero-order valence-corrected chi connectivity index (χ0v) is 17.8. The van der Waals surface area contributed by atoms with E-state index in [1.54, 1.807) is 6.92 Å². The van der Waals surface area contributed by atoms with Crippen LogP contribution in [0.25, 0.3) is 0 Å². The molecule has 0 fully saturated rings. The average Bonchev–Trinajstić information content (AvgIpc) is 3.11. The number of hydrogen-bond donors (Lipinski definition) is 2. The van der Waals surface area contributed by atoms with Crippen LogP contribution in [0, 0.1) is 6.92 Å². The number of rotatable bonds is 7. The van der Waals surface area contributed by atoms with Gasteiger partial charge in [0.2, 0.25) is 5.91 Å². The van der Waals surface area contributed by atoms with Gasteiger partial charge in [-0.25, -0.2) is 17.2 Å². The van der Waals surface area contributed by atoms with Gasteiger partial charge < -0.3 is 5.32 Å². The van der Waals surface area contributed by atoms with Crippen molar-refractivity contribution in [2.45, 2.75) is 31.2 Å². The molecule has 0 spiro atoms. The lowest BCUT2D eigenvalue weighted by Crippen LogP contribution is -2.25. The zero-order valence-electron chi connectivity index (χ0n) is 16.3. The monoisotopic (exact) mass is 470 g/mol. The van der Waals surface area contributed by atoms with Gasteiger partial charge in [0, 0.05) is 11.4 Å². The number of benzene rings is 1. The van der Waals surface area contributed by atoms with E-state index in [0.29, 0.717) is 11.4 Å². The molecular weight excluding hydrogens is 454 g/mol. The third-order valence-corrected chi connectivity index (χ3v) is 5.79. The fourth-order valence-electron chi connectivity index (χ4n) is 2.65. The van der Waals surface area contributed by atoms with E-state index in [0.717, 1.165) is 0 Å². The van der Waals surface area contributed by atoms with E-state index in [9.17, 15) is 22.0 Å². The third-order valence-electron chi connectivity index (χ3n) is 4.21. The number of aryl methyl sites for hydroxylation is 1. The highest BCUT2D eigenvalue weighted by molar-refractivity contribution is 7.92. The van der Waals surface area contributed by atoms with Gasteiger partial charge in [0.25, 0.3) is 16.4 Å². The minimum atomic E-state index is -3.94. The lowest BCUT2D eigenvalue weighted by Gasteiger charge is -2.15. The first-order chi connectivity index (χ1) is 14.6. The molecule has 9 nitrogen and oxygen atoms in total. The number of carbonyl (C=O) groups is 1. The average molecular weight is 471 g/mol. The summed E-state index contributed by atoms with van der Waals surface area (Å²) in [6.45, 7) is 3.08. The maximum Gasteiger partial charge on any atom is 0.282 e. The van der Waals surface area contributed by atoms with Crippen molar-refractivity contribution < 1.29 is 22.0 Å². The third kappa shape index (κ3) is 5.33. The second-order valence-corrected chi connectivity index (χ2v) is 8.56. The van der Waals surface area contributed by atoms with E-state index < -0.39 is 34.1 Å². The molecule has 0 saturated carbocycles. The summed E-state index contributed by atoms with van der Waals surface area (Å²) in [6, 6.07) is 8.48. The van der Waals surface area contributed by atoms with Gasteiger partial charge in [0.15, 0.2) is 11.0 Å². The Bertz CT molecular complexity index is 1180. The van der Waals surface area contributed by atoms with E-state index >= 15 is 0 Å². The number of hydrogen-bond acceptors (Lipinski definition) is 6. The minimum Gasteiger partial charge on any atom is -0.324 e. The fourth-order valence-corrected chi connectivity index (χ4v) is 3.75. The summed E-state index contributed by atoms with van der Waals surface area (Å²) < 4.78 is 54.0. The molecule has 0 aliphatic rings. The highest BCUT2D eigenvalue weighted by atomic mass is 35.5. The second kappa shape index (κ2) is 8.94. The Balaban J connectivity index is 1.69. The van der Waals surface area contributed by atoms with Gasteiger partial charge in [-0.1, -0.05) is 11.6 Å². The Morgan fingerprint density at radius 1 is 1.13 bits per heavy atom. The number of alkyl halides is 2. The van der Waals surface area contributed by atoms with E-state index in [1.165, 1.54) is 54.1 Å². The van der Waals surface area contributed by atoms with Gasteiger partial charge in [-0.3, -0.25) is 14.2 Å². The first kappa shape index (κ1) is 22.6. The molecule has 0 aliphatic heterocycles. The number of sulfonamides is 1. The van der Waals surface area contributed by atoms with E-state index in [1.807, 2.05) is 0 Å². The first-order valence-corrected chi connectivity index (χ1v) is 10.7. The Kier molecular flexibility index (Phi) is 6.51. The van der Waals surface area contributed by atoms with Crippen LogP contribution >= 0.6 is 11.6 Å². The summed E-state index contributed by atoms with van der Waals surface area (Å²) in [4.78, 5) is 12.4. The van der Waals surface area contributed by atoms with Crippen LogP contribution in [0.2, 0.25) is 5.15 Å². The molecule has 0 bridgehead atoms. The lowest BCUT2D eigenvalue weighted by atomic mass is 10.2. The quantitative estimate of drug-likeness (QED) is 0.544. The topological polar surface area (TPSA) is 119 Å². The molecule has 1 amide bonds. The summed E-state index contributed by atoms with van der Waals surface area (Å²) in [6.07, 6.45) is -2.74. The van der Waals surface area contributed by atoms with Gasteiger partial charge in [0.05, 0.1) is 4.90 Å². The first-order valence-electron chi connectivity index (χ1n) is 8.84. The van der Waals surface area contributed by atoms with Crippen LogP contribution in [0.4, 0.5) is 20.3 Å². The normalized spacial score (nSPS) is 12.6. The van der Waals surface area contributed by atoms with Crippen molar-refractivity contribution in [1.82, 2.24) is 20.0 Å². The molecule has 0 aliphatic carbocycles. The number of halogens is 3. The van der Waals surface area contributed by atoms with Crippen LogP contribution < -0.4 is 10.0 Å². The predicted molar refractivity (Wildman–Crippen MR) is 110 cm³/mol. The van der Waals surface area contributed by atoms with E-state index in [4.69, 9.17) is 11.6 Å². The molecule has 13 heteroatoms. The van der Waals surface area contributed by atoms with Crippen molar-refractivity contribution in [2.75, 3.05) is 10.0 Å². The van der Waals surface area contributed by atoms with Crippen LogP contribution in [0.15, 0.2) is 47.4 Å². The lowest BCUT2D eigenvalue weighted by molar-refractivity contribution is -0.119. The summed E-state index contributed by atoms with van der Waals surface area (Å²) in [5.74, 6) is -0.509. The maximum atomic E-state index is 12.8. The second-order valence-electron chi connectivity index (χ2n) is 6.49. The number of nitrogens with one attached hydrogen (secondary N) is 2. The van der Waals surface area contributed by atoms with Crippen molar-refractivity contribution >= 4 is 39.0 Å². The largest absolute Gasteiger partial charge is 0.324 e. The number of nitrogens with zero attached hydrogens (tertiary/aromatic N) is 4. The summed E-state index contributed by atoms with van der Waals surface area (Å²) in [5, 5.41) is 13.7. The summed E-state index contributed by atoms with van der Waals surface area (Å²) in [7, 11) is -3.94. The molecule has 164 valence electrons. The summed E-state index contributed by atoms with van der Waals surface area (Å²) in [5.41, 5.74) is 0.321. The molecule has 3 rings (SSSR count). The fraction of sp³-hybridized carbons (Fsp3) is 0.222. The van der Waals surface area contributed by atoms with Crippen LogP contribution in [0.3, 0.4) is 0 Å². The molecule has 0 saturated heterocycles. The maximum absolute atomic E-state index is 12.8. The van der Waals surface area contributed by atoms with Crippen molar-refractivity contribution in [3.8, 4) is 0 Å². The molecular formula is C18H17ClF2N6O3S. The van der Waals surface area contributed by atoms with E-state index in [-0.39, 0.29) is 15.9 Å². The molecule has 2 aromatic heterocycles. The van der Waals surface area contributed by atoms with E-state index in [2.05, 4.69) is 25.3 Å². The summed E-state index contributed by atoms with van der Waals surface area (Å²) >= 11 is 5.62. The minimum absolute atomic E-state index is 0.00614. The van der Waals surface area contributed by atoms with Gasteiger partial charge >= 0.3 is 0 Å². The number of amides is 1. The molecule has 2 heterocycles. The van der Waals surface area contributed by atoms with Crippen molar-refractivity contribution in [3.63, 3.8) is 0 Å².